The van der Waals surface area contributed by atoms with Crippen LogP contribution in [0.1, 0.15) is 316 Å². The van der Waals surface area contributed by atoms with Crippen molar-refractivity contribution in [2.75, 3.05) is 13.2 Å². The first-order valence-corrected chi connectivity index (χ1v) is 32.7. The van der Waals surface area contributed by atoms with Crippen LogP contribution in [-0.2, 0) is 28.6 Å². The van der Waals surface area contributed by atoms with E-state index in [2.05, 4.69) is 118 Å². The maximum Gasteiger partial charge on any atom is 0.306 e. The van der Waals surface area contributed by atoms with Gasteiger partial charge in [-0.3, -0.25) is 14.4 Å². The topological polar surface area (TPSA) is 78.9 Å². The molecule has 0 aromatic heterocycles. The van der Waals surface area contributed by atoms with E-state index in [0.29, 0.717) is 19.3 Å². The summed E-state index contributed by atoms with van der Waals surface area (Å²) in [5.41, 5.74) is 0. The Balaban J connectivity index is 4.34. The summed E-state index contributed by atoms with van der Waals surface area (Å²) >= 11 is 0. The molecule has 6 nitrogen and oxygen atoms in total. The second-order valence-corrected chi connectivity index (χ2v) is 21.6. The van der Waals surface area contributed by atoms with Gasteiger partial charge in [0.15, 0.2) is 6.10 Å². The van der Waals surface area contributed by atoms with Crippen LogP contribution in [0.3, 0.4) is 0 Å². The van der Waals surface area contributed by atoms with Gasteiger partial charge < -0.3 is 14.2 Å². The minimum Gasteiger partial charge on any atom is -0.462 e. The fourth-order valence-corrected chi connectivity index (χ4v) is 9.17. The van der Waals surface area contributed by atoms with Gasteiger partial charge in [0.25, 0.3) is 0 Å². The third kappa shape index (κ3) is 63.0. The van der Waals surface area contributed by atoms with Crippen LogP contribution in [0.5, 0.6) is 0 Å². The molecule has 0 bridgehead atoms. The summed E-state index contributed by atoms with van der Waals surface area (Å²) in [4.78, 5) is 38.3. The molecule has 0 spiro atoms. The van der Waals surface area contributed by atoms with Crippen molar-refractivity contribution in [3.05, 3.63) is 97.2 Å². The number of allylic oxidation sites excluding steroid dienone is 16. The quantitative estimate of drug-likeness (QED) is 0.0261. The van der Waals surface area contributed by atoms with Crippen molar-refractivity contribution in [2.24, 2.45) is 0 Å². The van der Waals surface area contributed by atoms with Gasteiger partial charge in [0.2, 0.25) is 0 Å². The molecule has 0 aromatic carbocycles. The van der Waals surface area contributed by atoms with Gasteiger partial charge in [-0.25, -0.2) is 0 Å². The van der Waals surface area contributed by atoms with Crippen molar-refractivity contribution in [2.45, 2.75) is 322 Å². The summed E-state index contributed by atoms with van der Waals surface area (Å²) in [6.45, 7) is 6.50. The third-order valence-electron chi connectivity index (χ3n) is 14.1. The van der Waals surface area contributed by atoms with Gasteiger partial charge in [0.05, 0.1) is 0 Å². The predicted molar refractivity (Wildman–Crippen MR) is 334 cm³/mol. The number of unbranched alkanes of at least 4 members (excludes halogenated alkanes) is 32. The molecule has 0 saturated heterocycles. The van der Waals surface area contributed by atoms with E-state index < -0.39 is 6.10 Å². The van der Waals surface area contributed by atoms with Crippen molar-refractivity contribution in [3.63, 3.8) is 0 Å². The summed E-state index contributed by atoms with van der Waals surface area (Å²) in [5, 5.41) is 0. The highest BCUT2D eigenvalue weighted by Gasteiger charge is 2.19. The Morgan fingerprint density at radius 2 is 0.519 bits per heavy atom. The third-order valence-corrected chi connectivity index (χ3v) is 14.1. The Bertz CT molecular complexity index is 1510. The van der Waals surface area contributed by atoms with E-state index in [1.54, 1.807) is 0 Å². The molecule has 0 fully saturated rings. The average molecular weight is 1070 g/mol. The smallest absolute Gasteiger partial charge is 0.306 e. The van der Waals surface area contributed by atoms with Gasteiger partial charge in [-0.05, 0) is 96.3 Å². The van der Waals surface area contributed by atoms with Gasteiger partial charge in [-0.15, -0.1) is 0 Å². The SMILES string of the molecule is CC/C=C\C/C=C\C/C=C\C/C=C\C/C=C\C/C=C\CCCCCCCCCCC(=O)OCC(COC(=O)CCCCCCC/C=C\C/C=C\CCCC)OC(=O)CCCCCCCCCCCCCCCCCCCC. The maximum absolute atomic E-state index is 12.9. The number of esters is 3. The van der Waals surface area contributed by atoms with Crippen molar-refractivity contribution in [1.29, 1.82) is 0 Å². The predicted octanol–water partition coefficient (Wildman–Crippen LogP) is 22.4. The van der Waals surface area contributed by atoms with Crippen LogP contribution in [0, 0.1) is 0 Å². The van der Waals surface area contributed by atoms with E-state index in [-0.39, 0.29) is 31.1 Å². The summed E-state index contributed by atoms with van der Waals surface area (Å²) in [6.07, 6.45) is 87.0. The monoisotopic (exact) mass is 1070 g/mol. The van der Waals surface area contributed by atoms with Gasteiger partial charge in [-0.2, -0.15) is 0 Å². The number of hydrogen-bond acceptors (Lipinski definition) is 6. The largest absolute Gasteiger partial charge is 0.462 e. The van der Waals surface area contributed by atoms with Crippen LogP contribution < -0.4 is 0 Å². The summed E-state index contributed by atoms with van der Waals surface area (Å²) in [5.74, 6) is -0.892. The van der Waals surface area contributed by atoms with Crippen molar-refractivity contribution in [1.82, 2.24) is 0 Å². The first-order valence-electron chi connectivity index (χ1n) is 32.7. The highest BCUT2D eigenvalue weighted by molar-refractivity contribution is 5.71. The van der Waals surface area contributed by atoms with E-state index in [1.165, 1.54) is 154 Å². The molecule has 0 rings (SSSR count). The zero-order chi connectivity index (χ0) is 55.7. The Morgan fingerprint density at radius 3 is 0.831 bits per heavy atom. The molecular formula is C71H122O6. The first-order chi connectivity index (χ1) is 38.0. The molecule has 1 atom stereocenters. The van der Waals surface area contributed by atoms with Gasteiger partial charge in [0.1, 0.15) is 13.2 Å². The molecule has 77 heavy (non-hydrogen) atoms. The lowest BCUT2D eigenvalue weighted by atomic mass is 10.0. The number of carbonyl (C=O) groups excluding carboxylic acids is 3. The van der Waals surface area contributed by atoms with Crippen LogP contribution in [0.4, 0.5) is 0 Å². The van der Waals surface area contributed by atoms with Crippen LogP contribution in [0.15, 0.2) is 97.2 Å². The molecule has 0 amide bonds. The van der Waals surface area contributed by atoms with Crippen molar-refractivity contribution < 1.29 is 28.6 Å². The van der Waals surface area contributed by atoms with E-state index in [0.717, 1.165) is 122 Å². The Morgan fingerprint density at radius 1 is 0.273 bits per heavy atom. The molecule has 0 heterocycles. The molecule has 0 aromatic rings. The second-order valence-electron chi connectivity index (χ2n) is 21.6. The Kier molecular flexibility index (Phi) is 61.8. The zero-order valence-electron chi connectivity index (χ0n) is 50.7. The summed E-state index contributed by atoms with van der Waals surface area (Å²) in [7, 11) is 0. The normalized spacial score (nSPS) is 12.7. The molecule has 0 aliphatic rings. The highest BCUT2D eigenvalue weighted by Crippen LogP contribution is 2.17. The molecular weight excluding hydrogens is 949 g/mol. The molecule has 0 aliphatic heterocycles. The summed E-state index contributed by atoms with van der Waals surface area (Å²) in [6, 6.07) is 0. The van der Waals surface area contributed by atoms with Crippen LogP contribution in [0.2, 0.25) is 0 Å². The number of carbonyl (C=O) groups is 3. The van der Waals surface area contributed by atoms with Gasteiger partial charge in [0, 0.05) is 19.3 Å². The van der Waals surface area contributed by atoms with Crippen LogP contribution in [-0.4, -0.2) is 37.2 Å². The minimum atomic E-state index is -0.787. The molecule has 0 radical (unpaired) electrons. The number of hydrogen-bond donors (Lipinski definition) is 0. The number of rotatable bonds is 59. The molecule has 1 unspecified atom stereocenters. The lowest BCUT2D eigenvalue weighted by Crippen LogP contribution is -2.30. The molecule has 0 saturated carbocycles. The van der Waals surface area contributed by atoms with Crippen molar-refractivity contribution in [3.8, 4) is 0 Å². The highest BCUT2D eigenvalue weighted by atomic mass is 16.6. The lowest BCUT2D eigenvalue weighted by Gasteiger charge is -2.18. The van der Waals surface area contributed by atoms with Crippen LogP contribution >= 0.6 is 0 Å². The standard InChI is InChI=1S/C71H122O6/c1-4-7-10-13-16-19-22-25-28-30-32-33-34-35-36-37-38-39-40-42-43-46-49-52-55-58-61-64-70(73)76-67-68(66-75-69(72)63-60-57-54-51-48-45-27-24-21-18-15-12-9-6-3)77-71(74)65-62-59-56-53-50-47-44-41-31-29-26-23-20-17-14-11-8-5-2/h7,10,15-16,18-19,24-25,27-28,32-33,35-36,38-39,68H,4-6,8-9,11-14,17,20-23,26,29-31,34,37,40-67H2,1-3H3/b10-7-,18-15-,19-16-,27-24-,28-25-,33-32-,36-35-,39-38-. The second kappa shape index (κ2) is 64.9. The zero-order valence-corrected chi connectivity index (χ0v) is 50.7. The van der Waals surface area contributed by atoms with Crippen LogP contribution in [0.25, 0.3) is 0 Å². The van der Waals surface area contributed by atoms with E-state index in [4.69, 9.17) is 14.2 Å². The molecule has 6 heteroatoms. The van der Waals surface area contributed by atoms with Gasteiger partial charge >= 0.3 is 17.9 Å². The average Bonchev–Trinajstić information content (AvgIpc) is 3.43. The van der Waals surface area contributed by atoms with E-state index in [9.17, 15) is 14.4 Å². The fourth-order valence-electron chi connectivity index (χ4n) is 9.17. The molecule has 0 aliphatic carbocycles. The summed E-state index contributed by atoms with van der Waals surface area (Å²) < 4.78 is 16.9. The van der Waals surface area contributed by atoms with Crippen molar-refractivity contribution >= 4 is 17.9 Å². The lowest BCUT2D eigenvalue weighted by molar-refractivity contribution is -0.167. The number of ether oxygens (including phenoxy) is 3. The maximum atomic E-state index is 12.9. The molecule has 442 valence electrons. The van der Waals surface area contributed by atoms with E-state index >= 15 is 0 Å². The molecule has 0 N–H and O–H groups in total. The fraction of sp³-hybridized carbons (Fsp3) is 0.732. The van der Waals surface area contributed by atoms with Gasteiger partial charge in [-0.1, -0.05) is 298 Å². The Hall–Kier alpha value is -3.67. The van der Waals surface area contributed by atoms with E-state index in [1.807, 2.05) is 0 Å². The first kappa shape index (κ1) is 73.3. The Labute approximate surface area is 477 Å². The minimum absolute atomic E-state index is 0.0842.